The van der Waals surface area contributed by atoms with Crippen LogP contribution < -0.4 is 5.73 Å². The molecule has 6 heavy (non-hydrogen) atoms. The van der Waals surface area contributed by atoms with Gasteiger partial charge in [-0.1, -0.05) is 6.58 Å². The molecule has 0 spiro atoms. The van der Waals surface area contributed by atoms with Crippen LogP contribution in [-0.4, -0.2) is 23.3 Å². The van der Waals surface area contributed by atoms with Gasteiger partial charge < -0.3 is 5.73 Å². The van der Waals surface area contributed by atoms with Crippen molar-refractivity contribution in [2.45, 2.75) is 0 Å². The number of nitrogens with two attached hydrogens (primary N) is 1. The number of primary amides is 1. The summed E-state index contributed by atoms with van der Waals surface area (Å²) in [5.74, 6) is -0.481. The third kappa shape index (κ3) is 9.27. The summed E-state index contributed by atoms with van der Waals surface area (Å²) in [5.41, 5.74) is 4.53. The highest BCUT2D eigenvalue weighted by Crippen LogP contribution is 1.48. The largest absolute Gasteiger partial charge is 0.366 e. The molecule has 0 aliphatic heterocycles. The Hall–Kier alpha value is -0.258. The summed E-state index contributed by atoms with van der Waals surface area (Å²) in [5, 5.41) is 0. The summed E-state index contributed by atoms with van der Waals surface area (Å²) >= 11 is 0. The maximum Gasteiger partial charge on any atom is 0.240 e. The van der Waals surface area contributed by atoms with Crippen molar-refractivity contribution in [3.8, 4) is 0 Å². The Morgan fingerprint density at radius 2 is 2.00 bits per heavy atom. The van der Waals surface area contributed by atoms with Crippen LogP contribution in [0.4, 0.5) is 0 Å². The lowest BCUT2D eigenvalue weighted by Crippen LogP contribution is -2.04. The number of amides is 1. The van der Waals surface area contributed by atoms with E-state index in [1.165, 1.54) is 0 Å². The van der Waals surface area contributed by atoms with E-state index in [2.05, 4.69) is 12.3 Å². The van der Waals surface area contributed by atoms with Crippen molar-refractivity contribution in [2.75, 3.05) is 0 Å². The van der Waals surface area contributed by atoms with Gasteiger partial charge in [-0.3, -0.25) is 4.79 Å². The molecule has 2 nitrogen and oxygen atoms in total. The predicted octanol–water partition coefficient (Wildman–Crippen LogP) is -1.53. The Labute approximate surface area is 47.2 Å². The monoisotopic (exact) mass is 101 g/mol. The van der Waals surface area contributed by atoms with Gasteiger partial charge in [0.1, 0.15) is 0 Å². The van der Waals surface area contributed by atoms with Crippen molar-refractivity contribution >= 4 is 23.3 Å². The molecule has 0 aromatic rings. The fraction of sp³-hybridized carbons (Fsp3) is 0. The van der Waals surface area contributed by atoms with E-state index in [1.807, 2.05) is 0 Å². The lowest BCUT2D eigenvalue weighted by atomic mass is 10.6. The fourth-order valence-electron chi connectivity index (χ4n) is 0. The second kappa shape index (κ2) is 4.74. The van der Waals surface area contributed by atoms with E-state index in [1.54, 1.807) is 0 Å². The standard InChI is InChI=1S/C3H5NO.Al.3H/c1-2-3(4)5;;;;/h2H,1H2,(H2,4,5);;;;. The minimum Gasteiger partial charge on any atom is -0.366 e. The first-order valence-electron chi connectivity index (χ1n) is 1.19. The van der Waals surface area contributed by atoms with E-state index in [0.717, 1.165) is 6.08 Å². The second-order valence-corrected chi connectivity index (χ2v) is 0.606. The van der Waals surface area contributed by atoms with E-state index in [9.17, 15) is 4.79 Å². The van der Waals surface area contributed by atoms with Crippen molar-refractivity contribution in [1.82, 2.24) is 0 Å². The lowest BCUT2D eigenvalue weighted by Gasteiger charge is -1.65. The maximum absolute atomic E-state index is 9.47. The van der Waals surface area contributed by atoms with Gasteiger partial charge in [0.15, 0.2) is 17.4 Å². The summed E-state index contributed by atoms with van der Waals surface area (Å²) in [6.07, 6.45) is 1.06. The van der Waals surface area contributed by atoms with Gasteiger partial charge in [-0.25, -0.2) is 0 Å². The van der Waals surface area contributed by atoms with Crippen LogP contribution in [0.1, 0.15) is 0 Å². The quantitative estimate of drug-likeness (QED) is 0.316. The highest BCUT2D eigenvalue weighted by molar-refractivity contribution is 5.84. The number of rotatable bonds is 1. The Morgan fingerprint density at radius 3 is 2.00 bits per heavy atom. The van der Waals surface area contributed by atoms with Crippen LogP contribution in [0.15, 0.2) is 12.7 Å². The van der Waals surface area contributed by atoms with Crippen molar-refractivity contribution in [2.24, 2.45) is 5.73 Å². The molecule has 3 heteroatoms. The van der Waals surface area contributed by atoms with E-state index >= 15 is 0 Å². The summed E-state index contributed by atoms with van der Waals surface area (Å²) in [6, 6.07) is 0. The Morgan fingerprint density at radius 1 is 1.83 bits per heavy atom. The molecule has 0 bridgehead atoms. The second-order valence-electron chi connectivity index (χ2n) is 0.606. The first-order valence-corrected chi connectivity index (χ1v) is 1.19. The summed E-state index contributed by atoms with van der Waals surface area (Å²) < 4.78 is 0. The molecule has 0 fully saturated rings. The average molecular weight is 101 g/mol. The SMILES string of the molecule is C=CC(N)=O.[AlH3]. The molecule has 34 valence electrons. The van der Waals surface area contributed by atoms with Crippen molar-refractivity contribution in [3.05, 3.63) is 12.7 Å². The highest BCUT2D eigenvalue weighted by Gasteiger charge is 1.69. The van der Waals surface area contributed by atoms with Crippen LogP contribution in [0.2, 0.25) is 0 Å². The summed E-state index contributed by atoms with van der Waals surface area (Å²) in [4.78, 5) is 9.47. The van der Waals surface area contributed by atoms with Crippen molar-refractivity contribution in [1.29, 1.82) is 0 Å². The molecule has 0 saturated heterocycles. The maximum atomic E-state index is 9.47. The first-order chi connectivity index (χ1) is 2.27. The molecule has 0 rings (SSSR count). The minimum absolute atomic E-state index is 0. The molecule has 0 saturated carbocycles. The average Bonchev–Trinajstić information content (AvgIpc) is 1.38. The molecule has 1 amide bonds. The zero-order valence-electron chi connectivity index (χ0n) is 2.77. The van der Waals surface area contributed by atoms with Gasteiger partial charge in [-0.05, 0) is 6.08 Å². The molecular formula is C3H8AlNO. The first kappa shape index (κ1) is 9.22. The molecule has 0 heterocycles. The predicted molar refractivity (Wildman–Crippen MR) is 29.3 cm³/mol. The van der Waals surface area contributed by atoms with Gasteiger partial charge in [0.2, 0.25) is 5.91 Å². The Balaban J connectivity index is 0. The zero-order chi connectivity index (χ0) is 4.28. The van der Waals surface area contributed by atoms with Crippen molar-refractivity contribution < 1.29 is 4.79 Å². The third-order valence-corrected chi connectivity index (χ3v) is 0.201. The summed E-state index contributed by atoms with van der Waals surface area (Å²) in [7, 11) is 0. The van der Waals surface area contributed by atoms with Gasteiger partial charge in [0.05, 0.1) is 0 Å². The summed E-state index contributed by atoms with van der Waals surface area (Å²) in [6.45, 7) is 3.09. The molecule has 0 aliphatic rings. The number of carbonyl (C=O) groups excluding carboxylic acids is 1. The van der Waals surface area contributed by atoms with Crippen LogP contribution in [0.25, 0.3) is 0 Å². The van der Waals surface area contributed by atoms with Crippen LogP contribution in [0, 0.1) is 0 Å². The highest BCUT2D eigenvalue weighted by atomic mass is 27.0. The number of hydrogen-bond acceptors (Lipinski definition) is 1. The third-order valence-electron chi connectivity index (χ3n) is 0.201. The van der Waals surface area contributed by atoms with Gasteiger partial charge >= 0.3 is 0 Å². The van der Waals surface area contributed by atoms with Crippen LogP contribution >= 0.6 is 0 Å². The molecule has 0 unspecified atom stereocenters. The smallest absolute Gasteiger partial charge is 0.240 e. The van der Waals surface area contributed by atoms with Gasteiger partial charge in [-0.2, -0.15) is 0 Å². The van der Waals surface area contributed by atoms with Crippen LogP contribution in [0.3, 0.4) is 0 Å². The normalized spacial score (nSPS) is 5.33. The van der Waals surface area contributed by atoms with Crippen LogP contribution in [-0.2, 0) is 4.79 Å². The Bertz CT molecular complexity index is 61.8. The fourth-order valence-corrected chi connectivity index (χ4v) is 0. The molecular weight excluding hydrogens is 93.0 g/mol. The minimum atomic E-state index is -0.481. The Kier molecular flexibility index (Phi) is 7.29. The molecule has 0 aliphatic carbocycles. The number of hydrogen-bond donors (Lipinski definition) is 1. The van der Waals surface area contributed by atoms with E-state index in [0.29, 0.717) is 0 Å². The van der Waals surface area contributed by atoms with Crippen LogP contribution in [0.5, 0.6) is 0 Å². The zero-order valence-corrected chi connectivity index (χ0v) is 2.77. The molecule has 0 atom stereocenters. The van der Waals surface area contributed by atoms with Gasteiger partial charge in [0.25, 0.3) is 0 Å². The molecule has 0 radical (unpaired) electrons. The molecule has 0 aromatic heterocycles. The van der Waals surface area contributed by atoms with Gasteiger partial charge in [-0.15, -0.1) is 0 Å². The van der Waals surface area contributed by atoms with Gasteiger partial charge in [0, 0.05) is 0 Å². The van der Waals surface area contributed by atoms with E-state index in [-0.39, 0.29) is 17.4 Å². The van der Waals surface area contributed by atoms with E-state index in [4.69, 9.17) is 0 Å². The topological polar surface area (TPSA) is 43.1 Å². The number of carbonyl (C=O) groups is 1. The van der Waals surface area contributed by atoms with E-state index < -0.39 is 5.91 Å². The van der Waals surface area contributed by atoms with Crippen molar-refractivity contribution in [3.63, 3.8) is 0 Å². The molecule has 2 N–H and O–H groups in total. The molecule has 0 aromatic carbocycles. The lowest BCUT2D eigenvalue weighted by molar-refractivity contribution is -0.113.